The summed E-state index contributed by atoms with van der Waals surface area (Å²) < 4.78 is 1.71. The predicted molar refractivity (Wildman–Crippen MR) is 81.6 cm³/mol. The van der Waals surface area contributed by atoms with Crippen molar-refractivity contribution in [3.63, 3.8) is 0 Å². The quantitative estimate of drug-likeness (QED) is 0.831. The molecule has 1 N–H and O–H groups in total. The average molecular weight is 307 g/mol. The summed E-state index contributed by atoms with van der Waals surface area (Å²) in [4.78, 5) is 16.5. The Balaban J connectivity index is 1.55. The number of hydrogen-bond donors (Lipinski definition) is 1. The topological polar surface area (TPSA) is 68.5 Å². The van der Waals surface area contributed by atoms with Crippen molar-refractivity contribution in [2.24, 2.45) is 5.92 Å². The first-order chi connectivity index (χ1) is 10.3. The molecule has 1 aliphatic rings. The Morgan fingerprint density at radius 3 is 2.86 bits per heavy atom. The molecular formula is C14H19ClN6. The first kappa shape index (κ1) is 14.3. The van der Waals surface area contributed by atoms with Gasteiger partial charge >= 0.3 is 0 Å². The highest BCUT2D eigenvalue weighted by molar-refractivity contribution is 6.28. The monoisotopic (exact) mass is 306 g/mol. The van der Waals surface area contributed by atoms with Gasteiger partial charge in [0.25, 0.3) is 0 Å². The highest BCUT2D eigenvalue weighted by atomic mass is 35.5. The molecule has 2 aromatic heterocycles. The number of anilines is 1. The minimum Gasteiger partial charge on any atom is -0.354 e. The molecule has 112 valence electrons. The number of hydrogen-bond acceptors (Lipinski definition) is 5. The second-order valence-corrected chi connectivity index (χ2v) is 5.76. The standard InChI is InChI=1S/C14H19ClN6/c15-12-18-13(17-7-3-6-11-4-1-2-5-11)20-14(19-12)21-9-8-16-10-21/h8-11H,1-7H2,(H,17,18,19,20). The largest absolute Gasteiger partial charge is 0.354 e. The summed E-state index contributed by atoms with van der Waals surface area (Å²) >= 11 is 5.95. The molecule has 0 atom stereocenters. The lowest BCUT2D eigenvalue weighted by Gasteiger charge is -2.10. The first-order valence-electron chi connectivity index (χ1n) is 7.45. The Morgan fingerprint density at radius 1 is 1.24 bits per heavy atom. The Hall–Kier alpha value is -1.69. The molecule has 2 heterocycles. The summed E-state index contributed by atoms with van der Waals surface area (Å²) in [6, 6.07) is 0. The number of nitrogens with zero attached hydrogens (tertiary/aromatic N) is 5. The van der Waals surface area contributed by atoms with E-state index >= 15 is 0 Å². The third kappa shape index (κ3) is 3.91. The Kier molecular flexibility index (Phi) is 4.65. The van der Waals surface area contributed by atoms with Gasteiger partial charge in [0.05, 0.1) is 0 Å². The fraction of sp³-hybridized carbons (Fsp3) is 0.571. The molecule has 0 saturated heterocycles. The Morgan fingerprint density at radius 2 is 2.10 bits per heavy atom. The van der Waals surface area contributed by atoms with Crippen LogP contribution in [-0.2, 0) is 0 Å². The lowest BCUT2D eigenvalue weighted by Crippen LogP contribution is -2.10. The van der Waals surface area contributed by atoms with Crippen LogP contribution in [0.1, 0.15) is 38.5 Å². The van der Waals surface area contributed by atoms with E-state index in [2.05, 4.69) is 25.3 Å². The highest BCUT2D eigenvalue weighted by Crippen LogP contribution is 2.28. The van der Waals surface area contributed by atoms with Gasteiger partial charge in [-0.15, -0.1) is 0 Å². The minimum atomic E-state index is 0.187. The maximum atomic E-state index is 5.95. The van der Waals surface area contributed by atoms with Crippen molar-refractivity contribution >= 4 is 17.5 Å². The van der Waals surface area contributed by atoms with Crippen molar-refractivity contribution in [2.45, 2.75) is 38.5 Å². The van der Waals surface area contributed by atoms with E-state index in [0.717, 1.165) is 18.9 Å². The van der Waals surface area contributed by atoms with Gasteiger partial charge in [-0.2, -0.15) is 15.0 Å². The molecule has 6 nitrogen and oxygen atoms in total. The van der Waals surface area contributed by atoms with Crippen LogP contribution < -0.4 is 5.32 Å². The van der Waals surface area contributed by atoms with Gasteiger partial charge in [-0.05, 0) is 30.4 Å². The van der Waals surface area contributed by atoms with Crippen molar-refractivity contribution in [2.75, 3.05) is 11.9 Å². The lowest BCUT2D eigenvalue weighted by molar-refractivity contribution is 0.491. The predicted octanol–water partition coefficient (Wildman–Crippen LogP) is 3.09. The summed E-state index contributed by atoms with van der Waals surface area (Å²) in [5.41, 5.74) is 0. The maximum Gasteiger partial charge on any atom is 0.241 e. The van der Waals surface area contributed by atoms with Gasteiger partial charge in [0.2, 0.25) is 17.2 Å². The summed E-state index contributed by atoms with van der Waals surface area (Å²) in [6.07, 6.45) is 13.1. The summed E-state index contributed by atoms with van der Waals surface area (Å²) in [6.45, 7) is 0.861. The van der Waals surface area contributed by atoms with Crippen molar-refractivity contribution in [3.05, 3.63) is 24.0 Å². The van der Waals surface area contributed by atoms with Crippen molar-refractivity contribution in [1.82, 2.24) is 24.5 Å². The molecule has 3 rings (SSSR count). The van der Waals surface area contributed by atoms with E-state index in [4.69, 9.17) is 11.6 Å². The van der Waals surface area contributed by atoms with Crippen LogP contribution in [0.2, 0.25) is 5.28 Å². The second kappa shape index (κ2) is 6.85. The summed E-state index contributed by atoms with van der Waals surface area (Å²) in [5, 5.41) is 3.42. The van der Waals surface area contributed by atoms with Crippen LogP contribution in [-0.4, -0.2) is 31.0 Å². The number of nitrogens with one attached hydrogen (secondary N) is 1. The maximum absolute atomic E-state index is 5.95. The zero-order valence-corrected chi connectivity index (χ0v) is 12.6. The van der Waals surface area contributed by atoms with Crippen LogP contribution in [0.25, 0.3) is 5.95 Å². The number of aromatic nitrogens is 5. The SMILES string of the molecule is Clc1nc(NCCCC2CCCC2)nc(-n2ccnc2)n1. The molecule has 0 spiro atoms. The molecular weight excluding hydrogens is 288 g/mol. The highest BCUT2D eigenvalue weighted by Gasteiger charge is 2.14. The molecule has 0 aromatic carbocycles. The molecule has 0 aliphatic heterocycles. The van der Waals surface area contributed by atoms with Gasteiger partial charge in [0, 0.05) is 18.9 Å². The zero-order chi connectivity index (χ0) is 14.5. The molecule has 21 heavy (non-hydrogen) atoms. The van der Waals surface area contributed by atoms with E-state index in [-0.39, 0.29) is 5.28 Å². The molecule has 0 unspecified atom stereocenters. The first-order valence-corrected chi connectivity index (χ1v) is 7.83. The molecule has 1 aliphatic carbocycles. The Labute approximate surface area is 129 Å². The molecule has 0 bridgehead atoms. The van der Waals surface area contributed by atoms with Crippen molar-refractivity contribution < 1.29 is 0 Å². The van der Waals surface area contributed by atoms with Crippen molar-refractivity contribution in [3.8, 4) is 5.95 Å². The molecule has 7 heteroatoms. The van der Waals surface area contributed by atoms with Crippen LogP contribution >= 0.6 is 11.6 Å². The van der Waals surface area contributed by atoms with Gasteiger partial charge in [0.1, 0.15) is 6.33 Å². The molecule has 1 fully saturated rings. The zero-order valence-electron chi connectivity index (χ0n) is 11.9. The van der Waals surface area contributed by atoms with Crippen LogP contribution in [0.5, 0.6) is 0 Å². The molecule has 2 aromatic rings. The average Bonchev–Trinajstić information content (AvgIpc) is 3.16. The van der Waals surface area contributed by atoms with E-state index in [9.17, 15) is 0 Å². The Bertz CT molecular complexity index is 565. The molecule has 1 saturated carbocycles. The summed E-state index contributed by atoms with van der Waals surface area (Å²) in [7, 11) is 0. The molecule has 0 radical (unpaired) electrons. The van der Waals surface area contributed by atoms with Gasteiger partial charge in [-0.1, -0.05) is 25.7 Å². The van der Waals surface area contributed by atoms with E-state index in [1.807, 2.05) is 0 Å². The van der Waals surface area contributed by atoms with Crippen LogP contribution in [0.3, 0.4) is 0 Å². The number of imidazole rings is 1. The van der Waals surface area contributed by atoms with Crippen molar-refractivity contribution in [1.29, 1.82) is 0 Å². The summed E-state index contributed by atoms with van der Waals surface area (Å²) in [5.74, 6) is 1.91. The smallest absolute Gasteiger partial charge is 0.241 e. The van der Waals surface area contributed by atoms with E-state index in [1.54, 1.807) is 23.3 Å². The third-order valence-electron chi connectivity index (χ3n) is 3.88. The minimum absolute atomic E-state index is 0.187. The van der Waals surface area contributed by atoms with E-state index < -0.39 is 0 Å². The second-order valence-electron chi connectivity index (χ2n) is 5.42. The van der Waals surface area contributed by atoms with Gasteiger partial charge < -0.3 is 5.32 Å². The fourth-order valence-electron chi connectivity index (χ4n) is 2.80. The van der Waals surface area contributed by atoms with Crippen LogP contribution in [0, 0.1) is 5.92 Å². The van der Waals surface area contributed by atoms with E-state index in [0.29, 0.717) is 11.9 Å². The number of halogens is 1. The normalized spacial score (nSPS) is 15.5. The van der Waals surface area contributed by atoms with Gasteiger partial charge in [-0.3, -0.25) is 4.57 Å². The van der Waals surface area contributed by atoms with Gasteiger partial charge in [0.15, 0.2) is 0 Å². The number of rotatable bonds is 6. The van der Waals surface area contributed by atoms with Crippen LogP contribution in [0.4, 0.5) is 5.95 Å². The lowest BCUT2D eigenvalue weighted by atomic mass is 10.0. The molecule has 0 amide bonds. The van der Waals surface area contributed by atoms with Crippen LogP contribution in [0.15, 0.2) is 18.7 Å². The fourth-order valence-corrected chi connectivity index (χ4v) is 2.96. The van der Waals surface area contributed by atoms with E-state index in [1.165, 1.54) is 32.1 Å². The van der Waals surface area contributed by atoms with Gasteiger partial charge in [-0.25, -0.2) is 4.98 Å². The third-order valence-corrected chi connectivity index (χ3v) is 4.05.